The molecule has 1 aromatic heterocycles. The Kier molecular flexibility index (Phi) is 2.76. The zero-order chi connectivity index (χ0) is 13.4. The van der Waals surface area contributed by atoms with Crippen LogP contribution in [0.4, 0.5) is 4.39 Å². The fourth-order valence-electron chi connectivity index (χ4n) is 1.97. The van der Waals surface area contributed by atoms with Gasteiger partial charge in [-0.3, -0.25) is 0 Å². The predicted molar refractivity (Wildman–Crippen MR) is 67.8 cm³/mol. The first kappa shape index (κ1) is 11.8. The lowest BCUT2D eigenvalue weighted by molar-refractivity contribution is 0.152. The summed E-state index contributed by atoms with van der Waals surface area (Å²) in [7, 11) is 0. The Labute approximate surface area is 108 Å². The minimum atomic E-state index is -0.826. The third-order valence-electron chi connectivity index (χ3n) is 2.91. The first-order valence-electron chi connectivity index (χ1n) is 5.86. The Bertz CT molecular complexity index is 737. The van der Waals surface area contributed by atoms with Crippen molar-refractivity contribution in [2.24, 2.45) is 0 Å². The Morgan fingerprint density at radius 3 is 2.58 bits per heavy atom. The summed E-state index contributed by atoms with van der Waals surface area (Å²) >= 11 is 0. The van der Waals surface area contributed by atoms with Crippen molar-refractivity contribution in [1.82, 2.24) is 10.1 Å². The van der Waals surface area contributed by atoms with Crippen LogP contribution in [-0.2, 0) is 0 Å². The zero-order valence-electron chi connectivity index (χ0n) is 10.2. The number of aromatic nitrogens is 2. The fourth-order valence-corrected chi connectivity index (χ4v) is 1.97. The van der Waals surface area contributed by atoms with E-state index in [1.165, 1.54) is 6.07 Å². The molecule has 0 unspecified atom stereocenters. The van der Waals surface area contributed by atoms with Crippen molar-refractivity contribution in [3.05, 3.63) is 48.1 Å². The number of nitrogens with zero attached hydrogens (tertiary/aromatic N) is 2. The van der Waals surface area contributed by atoms with E-state index in [1.54, 1.807) is 31.2 Å². The van der Waals surface area contributed by atoms with Crippen LogP contribution in [0.15, 0.2) is 40.9 Å². The molecular formula is C14H11FN2O2. The van der Waals surface area contributed by atoms with E-state index in [-0.39, 0.29) is 11.7 Å². The second-order valence-electron chi connectivity index (χ2n) is 4.27. The number of halogens is 1. The Morgan fingerprint density at radius 2 is 1.89 bits per heavy atom. The van der Waals surface area contributed by atoms with E-state index in [2.05, 4.69) is 10.1 Å². The summed E-state index contributed by atoms with van der Waals surface area (Å²) in [5.41, 5.74) is 0.674. The van der Waals surface area contributed by atoms with Crippen LogP contribution in [-0.4, -0.2) is 15.2 Å². The number of hydrogen-bond donors (Lipinski definition) is 1. The highest BCUT2D eigenvalue weighted by molar-refractivity contribution is 5.95. The van der Waals surface area contributed by atoms with E-state index in [0.717, 1.165) is 0 Å². The molecule has 0 amide bonds. The molecule has 0 radical (unpaired) electrons. The number of aliphatic hydroxyl groups is 1. The zero-order valence-corrected chi connectivity index (χ0v) is 10.2. The molecule has 96 valence electrons. The van der Waals surface area contributed by atoms with Gasteiger partial charge in [0.05, 0.1) is 0 Å². The first-order valence-corrected chi connectivity index (χ1v) is 5.86. The third-order valence-corrected chi connectivity index (χ3v) is 2.91. The number of benzene rings is 2. The lowest BCUT2D eigenvalue weighted by atomic mass is 10.0. The molecule has 0 saturated carbocycles. The van der Waals surface area contributed by atoms with Crippen LogP contribution in [0.25, 0.3) is 22.2 Å². The summed E-state index contributed by atoms with van der Waals surface area (Å²) in [6, 6.07) is 10.1. The van der Waals surface area contributed by atoms with Crippen LogP contribution >= 0.6 is 0 Å². The molecule has 0 saturated heterocycles. The molecule has 3 aromatic rings. The summed E-state index contributed by atoms with van der Waals surface area (Å²) in [5.74, 6) is 0.189. The van der Waals surface area contributed by atoms with Gasteiger partial charge in [0.1, 0.15) is 11.9 Å². The molecule has 0 aliphatic heterocycles. The van der Waals surface area contributed by atoms with Crippen molar-refractivity contribution in [3.63, 3.8) is 0 Å². The fraction of sp³-hybridized carbons (Fsp3) is 0.143. The average Bonchev–Trinajstić information content (AvgIpc) is 2.89. The molecule has 1 heterocycles. The van der Waals surface area contributed by atoms with Crippen LogP contribution in [0.3, 0.4) is 0 Å². The van der Waals surface area contributed by atoms with Gasteiger partial charge in [-0.25, -0.2) is 4.39 Å². The molecule has 19 heavy (non-hydrogen) atoms. The summed E-state index contributed by atoms with van der Waals surface area (Å²) in [6.45, 7) is 1.54. The van der Waals surface area contributed by atoms with E-state index < -0.39 is 6.10 Å². The van der Waals surface area contributed by atoms with Crippen LogP contribution in [0.1, 0.15) is 18.9 Å². The van der Waals surface area contributed by atoms with E-state index in [1.807, 2.05) is 6.07 Å². The third kappa shape index (κ3) is 1.98. The van der Waals surface area contributed by atoms with Gasteiger partial charge in [0, 0.05) is 10.9 Å². The maximum atomic E-state index is 13.7. The second-order valence-corrected chi connectivity index (χ2v) is 4.27. The highest BCUT2D eigenvalue weighted by Crippen LogP contribution is 2.29. The van der Waals surface area contributed by atoms with Crippen molar-refractivity contribution < 1.29 is 14.0 Å². The van der Waals surface area contributed by atoms with Gasteiger partial charge in [0.15, 0.2) is 0 Å². The SMILES string of the molecule is C[C@H](O)c1nc(-c2ccc(F)c3ccccc23)no1. The Morgan fingerprint density at radius 1 is 1.16 bits per heavy atom. The lowest BCUT2D eigenvalue weighted by Crippen LogP contribution is -1.91. The smallest absolute Gasteiger partial charge is 0.255 e. The summed E-state index contributed by atoms with van der Waals surface area (Å²) < 4.78 is 18.7. The van der Waals surface area contributed by atoms with Crippen LogP contribution in [0.2, 0.25) is 0 Å². The van der Waals surface area contributed by atoms with E-state index in [0.29, 0.717) is 22.2 Å². The number of aliphatic hydroxyl groups excluding tert-OH is 1. The summed E-state index contributed by atoms with van der Waals surface area (Å²) in [5, 5.41) is 14.4. The molecular weight excluding hydrogens is 247 g/mol. The number of fused-ring (bicyclic) bond motifs is 1. The monoisotopic (exact) mass is 258 g/mol. The lowest BCUT2D eigenvalue weighted by Gasteiger charge is -2.03. The molecule has 2 aromatic carbocycles. The molecule has 0 spiro atoms. The molecule has 0 aliphatic carbocycles. The van der Waals surface area contributed by atoms with Crippen LogP contribution < -0.4 is 0 Å². The Hall–Kier alpha value is -2.27. The Balaban J connectivity index is 2.22. The molecule has 4 nitrogen and oxygen atoms in total. The highest BCUT2D eigenvalue weighted by Gasteiger charge is 2.15. The topological polar surface area (TPSA) is 59.2 Å². The first-order chi connectivity index (χ1) is 9.16. The normalized spacial score (nSPS) is 12.8. The number of rotatable bonds is 2. The molecule has 1 atom stereocenters. The van der Waals surface area contributed by atoms with Gasteiger partial charge in [-0.1, -0.05) is 29.4 Å². The van der Waals surface area contributed by atoms with Crippen molar-refractivity contribution in [3.8, 4) is 11.4 Å². The van der Waals surface area contributed by atoms with Gasteiger partial charge in [0.25, 0.3) is 5.89 Å². The molecule has 0 bridgehead atoms. The predicted octanol–water partition coefficient (Wildman–Crippen LogP) is 3.08. The second kappa shape index (κ2) is 4.44. The van der Waals surface area contributed by atoms with Gasteiger partial charge in [-0.05, 0) is 24.4 Å². The largest absolute Gasteiger partial charge is 0.384 e. The molecule has 5 heteroatoms. The molecule has 3 rings (SSSR count). The van der Waals surface area contributed by atoms with E-state index >= 15 is 0 Å². The summed E-state index contributed by atoms with van der Waals surface area (Å²) in [6.07, 6.45) is -0.826. The van der Waals surface area contributed by atoms with Crippen LogP contribution in [0.5, 0.6) is 0 Å². The van der Waals surface area contributed by atoms with Gasteiger partial charge in [0.2, 0.25) is 5.82 Å². The molecule has 0 fully saturated rings. The minimum absolute atomic E-state index is 0.142. The molecule has 1 N–H and O–H groups in total. The maximum absolute atomic E-state index is 13.7. The van der Waals surface area contributed by atoms with Gasteiger partial charge in [-0.2, -0.15) is 4.98 Å². The van der Waals surface area contributed by atoms with Crippen molar-refractivity contribution in [2.45, 2.75) is 13.0 Å². The van der Waals surface area contributed by atoms with Crippen LogP contribution in [0, 0.1) is 5.82 Å². The number of hydrogen-bond acceptors (Lipinski definition) is 4. The van der Waals surface area contributed by atoms with Gasteiger partial charge in [-0.15, -0.1) is 0 Å². The minimum Gasteiger partial charge on any atom is -0.384 e. The van der Waals surface area contributed by atoms with Gasteiger partial charge >= 0.3 is 0 Å². The van der Waals surface area contributed by atoms with Crippen molar-refractivity contribution >= 4 is 10.8 Å². The van der Waals surface area contributed by atoms with E-state index in [4.69, 9.17) is 4.52 Å². The van der Waals surface area contributed by atoms with Crippen molar-refractivity contribution in [2.75, 3.05) is 0 Å². The van der Waals surface area contributed by atoms with E-state index in [9.17, 15) is 9.50 Å². The standard InChI is InChI=1S/C14H11FN2O2/c1-8(18)14-16-13(17-19-14)11-6-7-12(15)10-5-3-2-4-9(10)11/h2-8,18H,1H3/t8-/m0/s1. The quantitative estimate of drug-likeness (QED) is 0.767. The maximum Gasteiger partial charge on any atom is 0.255 e. The summed E-state index contributed by atoms with van der Waals surface area (Å²) in [4.78, 5) is 4.11. The molecule has 0 aliphatic rings. The average molecular weight is 258 g/mol. The van der Waals surface area contributed by atoms with Gasteiger partial charge < -0.3 is 9.63 Å². The van der Waals surface area contributed by atoms with Crippen molar-refractivity contribution in [1.29, 1.82) is 0 Å². The highest BCUT2D eigenvalue weighted by atomic mass is 19.1.